The van der Waals surface area contributed by atoms with Gasteiger partial charge in [-0.05, 0) is 0 Å². The summed E-state index contributed by atoms with van der Waals surface area (Å²) < 4.78 is 20.8. The number of aliphatic hydroxyl groups excluding tert-OH is 1. The molecule has 0 spiro atoms. The molecular weight excluding hydrogens is 257 g/mol. The number of anilines is 1. The Morgan fingerprint density at radius 1 is 1.68 bits per heavy atom. The van der Waals surface area contributed by atoms with Crippen LogP contribution in [0, 0.1) is 0 Å². The minimum absolute atomic E-state index is 0.00131. The van der Waals surface area contributed by atoms with Crippen LogP contribution < -0.4 is 11.3 Å². The number of rotatable bonds is 1. The van der Waals surface area contributed by atoms with Crippen LogP contribution >= 0.6 is 0 Å². The predicted molar refractivity (Wildman–Crippen MR) is 60.9 cm³/mol. The second-order valence-corrected chi connectivity index (χ2v) is 4.86. The van der Waals surface area contributed by atoms with Crippen molar-refractivity contribution < 1.29 is 14.2 Å². The van der Waals surface area contributed by atoms with Gasteiger partial charge >= 0.3 is 0 Å². The van der Waals surface area contributed by atoms with Gasteiger partial charge in [0.25, 0.3) is 5.56 Å². The maximum Gasteiger partial charge on any atom is 0.280 e. The van der Waals surface area contributed by atoms with E-state index in [9.17, 15) is 14.3 Å². The molecule has 0 amide bonds. The zero-order valence-electron chi connectivity index (χ0n) is 9.58. The number of nitrogens with one attached hydrogen (secondary N) is 1. The number of ether oxygens (including phenoxy) is 1. The lowest BCUT2D eigenvalue weighted by Gasteiger charge is -2.15. The number of nitrogens with two attached hydrogens (primary N) is 1. The molecule has 1 unspecified atom stereocenters. The van der Waals surface area contributed by atoms with Crippen molar-refractivity contribution in [3.8, 4) is 0 Å². The summed E-state index contributed by atoms with van der Waals surface area (Å²) >= 11 is 0. The van der Waals surface area contributed by atoms with Gasteiger partial charge in [0, 0.05) is 6.42 Å². The maximum absolute atomic E-state index is 14.0. The molecule has 4 rings (SSSR count). The van der Waals surface area contributed by atoms with Crippen LogP contribution in [0.25, 0.3) is 11.2 Å². The first-order valence-electron chi connectivity index (χ1n) is 5.75. The summed E-state index contributed by atoms with van der Waals surface area (Å²) in [6.45, 7) is 0. The smallest absolute Gasteiger partial charge is 0.280 e. The van der Waals surface area contributed by atoms with Gasteiger partial charge in [0.15, 0.2) is 16.8 Å². The molecule has 2 aliphatic rings. The van der Waals surface area contributed by atoms with Crippen LogP contribution in [-0.2, 0) is 4.74 Å². The van der Waals surface area contributed by atoms with Crippen LogP contribution in [0.3, 0.4) is 0 Å². The highest BCUT2D eigenvalue weighted by Gasteiger charge is 2.73. The number of aromatic amines is 1. The van der Waals surface area contributed by atoms with Crippen molar-refractivity contribution in [2.45, 2.75) is 30.5 Å². The highest BCUT2D eigenvalue weighted by Crippen LogP contribution is 2.56. The Kier molecular flexibility index (Phi) is 1.78. The summed E-state index contributed by atoms with van der Waals surface area (Å²) in [5.74, 6) is -0.0441. The molecule has 4 N–H and O–H groups in total. The maximum atomic E-state index is 14.0. The standard InChI is InChI=1S/C10H10FN5O3/c11-10-1-3(19-6(10)5(10)17)16-2-13-4-7(16)14-9(12)15-8(4)18/h2-3,5-6,17H,1H2,(H3,12,14,15,18)/t3-,5?,6-,10+/m1/s1. The number of aliphatic hydroxyl groups is 1. The van der Waals surface area contributed by atoms with Crippen LogP contribution in [0.4, 0.5) is 10.3 Å². The molecule has 0 aromatic carbocycles. The number of nitrogens with zero attached hydrogens (tertiary/aromatic N) is 3. The average molecular weight is 267 g/mol. The van der Waals surface area contributed by atoms with Gasteiger partial charge < -0.3 is 15.6 Å². The Labute approximate surface area is 105 Å². The molecule has 19 heavy (non-hydrogen) atoms. The Morgan fingerprint density at radius 3 is 3.16 bits per heavy atom. The first-order chi connectivity index (χ1) is 9.00. The van der Waals surface area contributed by atoms with Crippen molar-refractivity contribution in [3.63, 3.8) is 0 Å². The molecule has 100 valence electrons. The molecule has 0 bridgehead atoms. The van der Waals surface area contributed by atoms with E-state index in [0.717, 1.165) is 0 Å². The predicted octanol–water partition coefficient (Wildman–Crippen LogP) is -0.928. The van der Waals surface area contributed by atoms with Crippen molar-refractivity contribution in [1.29, 1.82) is 0 Å². The van der Waals surface area contributed by atoms with E-state index in [0.29, 0.717) is 0 Å². The van der Waals surface area contributed by atoms with Crippen LogP contribution in [0.5, 0.6) is 0 Å². The highest BCUT2D eigenvalue weighted by molar-refractivity contribution is 5.70. The van der Waals surface area contributed by atoms with Crippen molar-refractivity contribution in [2.24, 2.45) is 0 Å². The van der Waals surface area contributed by atoms with Gasteiger partial charge in [-0.1, -0.05) is 0 Å². The van der Waals surface area contributed by atoms with Gasteiger partial charge in [0.2, 0.25) is 5.95 Å². The molecule has 1 aliphatic heterocycles. The minimum atomic E-state index is -1.70. The van der Waals surface area contributed by atoms with E-state index in [1.54, 1.807) is 0 Å². The van der Waals surface area contributed by atoms with Crippen molar-refractivity contribution >= 4 is 17.1 Å². The number of alkyl halides is 1. The fraction of sp³-hybridized carbons (Fsp3) is 0.500. The van der Waals surface area contributed by atoms with E-state index in [1.165, 1.54) is 10.9 Å². The molecule has 8 nitrogen and oxygen atoms in total. The third-order valence-corrected chi connectivity index (χ3v) is 3.69. The van der Waals surface area contributed by atoms with Crippen LogP contribution in [0.2, 0.25) is 0 Å². The lowest BCUT2D eigenvalue weighted by molar-refractivity contribution is -0.00859. The number of aromatic nitrogens is 4. The summed E-state index contributed by atoms with van der Waals surface area (Å²) in [6.07, 6.45) is -1.16. The van der Waals surface area contributed by atoms with Gasteiger partial charge in [-0.15, -0.1) is 0 Å². The number of halogens is 1. The summed E-state index contributed by atoms with van der Waals surface area (Å²) in [5, 5.41) is 9.31. The van der Waals surface area contributed by atoms with Gasteiger partial charge in [0.1, 0.15) is 18.4 Å². The molecule has 1 saturated carbocycles. The van der Waals surface area contributed by atoms with Crippen molar-refractivity contribution in [3.05, 3.63) is 16.7 Å². The van der Waals surface area contributed by atoms with E-state index in [2.05, 4.69) is 15.0 Å². The number of H-pyrrole nitrogens is 1. The summed E-state index contributed by atoms with van der Waals surface area (Å²) in [6, 6.07) is 0. The topological polar surface area (TPSA) is 119 Å². The van der Waals surface area contributed by atoms with E-state index in [4.69, 9.17) is 10.5 Å². The van der Waals surface area contributed by atoms with E-state index < -0.39 is 29.7 Å². The molecule has 4 atom stereocenters. The third kappa shape index (κ3) is 1.25. The monoisotopic (exact) mass is 267 g/mol. The fourth-order valence-electron chi connectivity index (χ4n) is 2.59. The minimum Gasteiger partial charge on any atom is -0.387 e. The lowest BCUT2D eigenvalue weighted by Crippen LogP contribution is -2.18. The first kappa shape index (κ1) is 10.9. The molecule has 2 aromatic heterocycles. The Bertz CT molecular complexity index is 742. The SMILES string of the molecule is Nc1nc2c(ncn2[C@H]2C[C@]3(F)C(O)[C@H]3O2)c(=O)[nH]1. The third-order valence-electron chi connectivity index (χ3n) is 3.69. The second kappa shape index (κ2) is 3.11. The Hall–Kier alpha value is -2.00. The zero-order valence-corrected chi connectivity index (χ0v) is 9.58. The number of fused-ring (bicyclic) bond motifs is 2. The lowest BCUT2D eigenvalue weighted by atomic mass is 10.2. The molecule has 2 fully saturated rings. The van der Waals surface area contributed by atoms with Gasteiger partial charge in [-0.3, -0.25) is 14.3 Å². The second-order valence-electron chi connectivity index (χ2n) is 4.86. The normalized spacial score (nSPS) is 36.6. The number of hydrogen-bond acceptors (Lipinski definition) is 6. The van der Waals surface area contributed by atoms with Gasteiger partial charge in [-0.25, -0.2) is 9.37 Å². The average Bonchev–Trinajstić information content (AvgIpc) is 2.76. The van der Waals surface area contributed by atoms with E-state index >= 15 is 0 Å². The van der Waals surface area contributed by atoms with Crippen molar-refractivity contribution in [1.82, 2.24) is 19.5 Å². The Morgan fingerprint density at radius 2 is 2.47 bits per heavy atom. The molecule has 1 aliphatic carbocycles. The molecule has 3 heterocycles. The first-order valence-corrected chi connectivity index (χ1v) is 5.75. The largest absolute Gasteiger partial charge is 0.387 e. The van der Waals surface area contributed by atoms with E-state index in [1.807, 2.05) is 0 Å². The molecule has 1 saturated heterocycles. The Balaban J connectivity index is 1.79. The van der Waals surface area contributed by atoms with Gasteiger partial charge in [-0.2, -0.15) is 4.98 Å². The number of hydrogen-bond donors (Lipinski definition) is 3. The van der Waals surface area contributed by atoms with Crippen molar-refractivity contribution in [2.75, 3.05) is 5.73 Å². The van der Waals surface area contributed by atoms with Crippen LogP contribution in [0.15, 0.2) is 11.1 Å². The fourth-order valence-corrected chi connectivity index (χ4v) is 2.59. The molecular formula is C10H10FN5O3. The molecule has 9 heteroatoms. The number of nitrogen functional groups attached to an aromatic ring is 1. The van der Waals surface area contributed by atoms with E-state index in [-0.39, 0.29) is 23.5 Å². The zero-order chi connectivity index (χ0) is 13.4. The quantitative estimate of drug-likeness (QED) is 0.614. The van der Waals surface area contributed by atoms with Gasteiger partial charge in [0.05, 0.1) is 6.33 Å². The summed E-state index contributed by atoms with van der Waals surface area (Å²) in [5.41, 5.74) is 3.67. The molecule has 2 aromatic rings. The molecule has 0 radical (unpaired) electrons. The highest BCUT2D eigenvalue weighted by atomic mass is 19.1. The summed E-state index contributed by atoms with van der Waals surface area (Å²) in [7, 11) is 0. The summed E-state index contributed by atoms with van der Waals surface area (Å²) in [4.78, 5) is 21.8. The van der Waals surface area contributed by atoms with Crippen LogP contribution in [0.1, 0.15) is 12.6 Å². The van der Waals surface area contributed by atoms with Crippen LogP contribution in [-0.4, -0.2) is 42.5 Å². The number of imidazole rings is 1.